The fourth-order valence-corrected chi connectivity index (χ4v) is 3.23. The number of unbranched alkanes of at least 4 members (excludes halogenated alkanes) is 3. The predicted octanol–water partition coefficient (Wildman–Crippen LogP) is 6.14. The van der Waals surface area contributed by atoms with Crippen LogP contribution in [0.1, 0.15) is 51.8 Å². The van der Waals surface area contributed by atoms with Gasteiger partial charge in [0, 0.05) is 11.0 Å². The first kappa shape index (κ1) is 16.8. The van der Waals surface area contributed by atoms with Gasteiger partial charge < -0.3 is 4.57 Å². The molecule has 0 saturated heterocycles. The number of nitrogens with zero attached hydrogens (tertiary/aromatic N) is 2. The van der Waals surface area contributed by atoms with E-state index in [1.165, 1.54) is 37.6 Å². The van der Waals surface area contributed by atoms with Gasteiger partial charge in [0.25, 0.3) is 0 Å². The lowest BCUT2D eigenvalue weighted by Gasteiger charge is -2.08. The molecule has 0 fully saturated rings. The fourth-order valence-electron chi connectivity index (χ4n) is 2.68. The van der Waals surface area contributed by atoms with Crippen molar-refractivity contribution in [3.8, 4) is 0 Å². The summed E-state index contributed by atoms with van der Waals surface area (Å²) in [5, 5.41) is 0. The first-order chi connectivity index (χ1) is 10.1. The van der Waals surface area contributed by atoms with Crippen LogP contribution in [0.5, 0.6) is 0 Å². The Morgan fingerprint density at radius 1 is 1.19 bits per heavy atom. The average Bonchev–Trinajstić information content (AvgIpc) is 2.79. The van der Waals surface area contributed by atoms with Gasteiger partial charge >= 0.3 is 0 Å². The fraction of sp³-hybridized carbons (Fsp3) is 0.588. The Morgan fingerprint density at radius 2 is 1.95 bits per heavy atom. The SMILES string of the molecule is CC(C)CCCCCCn1c(CCl)nc2cc(Br)ccc21. The Bertz CT molecular complexity index is 577. The van der Waals surface area contributed by atoms with Gasteiger partial charge in [-0.15, -0.1) is 11.6 Å². The second-order valence-corrected chi connectivity index (χ2v) is 7.23. The highest BCUT2D eigenvalue weighted by Gasteiger charge is 2.09. The van der Waals surface area contributed by atoms with Gasteiger partial charge in [-0.3, -0.25) is 0 Å². The van der Waals surface area contributed by atoms with E-state index in [1.54, 1.807) is 0 Å². The smallest absolute Gasteiger partial charge is 0.124 e. The van der Waals surface area contributed by atoms with Crippen LogP contribution in [0.15, 0.2) is 22.7 Å². The quantitative estimate of drug-likeness (QED) is 0.402. The molecule has 0 N–H and O–H groups in total. The molecule has 2 nitrogen and oxygen atoms in total. The molecular weight excluding hydrogens is 348 g/mol. The van der Waals surface area contributed by atoms with E-state index in [2.05, 4.69) is 57.5 Å². The summed E-state index contributed by atoms with van der Waals surface area (Å²) in [6, 6.07) is 6.26. The number of imidazole rings is 1. The van der Waals surface area contributed by atoms with E-state index < -0.39 is 0 Å². The van der Waals surface area contributed by atoms with Crippen molar-refractivity contribution in [1.29, 1.82) is 0 Å². The normalized spacial score (nSPS) is 11.7. The highest BCUT2D eigenvalue weighted by molar-refractivity contribution is 9.10. The number of rotatable bonds is 8. The van der Waals surface area contributed by atoms with Gasteiger partial charge in [0.1, 0.15) is 5.82 Å². The molecule has 116 valence electrons. The van der Waals surface area contributed by atoms with Crippen LogP contribution in [0.2, 0.25) is 0 Å². The summed E-state index contributed by atoms with van der Waals surface area (Å²) in [6.45, 7) is 5.60. The van der Waals surface area contributed by atoms with Crippen molar-refractivity contribution in [3.63, 3.8) is 0 Å². The third-order valence-corrected chi connectivity index (χ3v) is 4.55. The molecule has 0 atom stereocenters. The number of halogens is 2. The zero-order valence-electron chi connectivity index (χ0n) is 12.9. The van der Waals surface area contributed by atoms with Crippen molar-refractivity contribution in [2.45, 2.75) is 58.4 Å². The molecule has 0 amide bonds. The van der Waals surface area contributed by atoms with Crippen molar-refractivity contribution < 1.29 is 0 Å². The summed E-state index contributed by atoms with van der Waals surface area (Å²) >= 11 is 9.54. The highest BCUT2D eigenvalue weighted by atomic mass is 79.9. The Morgan fingerprint density at radius 3 is 2.67 bits per heavy atom. The van der Waals surface area contributed by atoms with E-state index in [9.17, 15) is 0 Å². The second-order valence-electron chi connectivity index (χ2n) is 6.04. The number of hydrogen-bond donors (Lipinski definition) is 0. The van der Waals surface area contributed by atoms with E-state index >= 15 is 0 Å². The lowest BCUT2D eigenvalue weighted by Crippen LogP contribution is -2.02. The van der Waals surface area contributed by atoms with E-state index in [0.717, 1.165) is 28.3 Å². The molecule has 2 aromatic rings. The van der Waals surface area contributed by atoms with Crippen LogP contribution in [0.3, 0.4) is 0 Å². The van der Waals surface area contributed by atoms with Crippen LogP contribution in [-0.2, 0) is 12.4 Å². The van der Waals surface area contributed by atoms with Crippen molar-refractivity contribution in [2.24, 2.45) is 5.92 Å². The zero-order chi connectivity index (χ0) is 15.2. The largest absolute Gasteiger partial charge is 0.327 e. The number of aromatic nitrogens is 2. The highest BCUT2D eigenvalue weighted by Crippen LogP contribution is 2.22. The topological polar surface area (TPSA) is 17.8 Å². The molecule has 0 bridgehead atoms. The number of benzene rings is 1. The molecule has 1 aromatic heterocycles. The van der Waals surface area contributed by atoms with Gasteiger partial charge in [-0.2, -0.15) is 0 Å². The molecule has 0 unspecified atom stereocenters. The lowest BCUT2D eigenvalue weighted by molar-refractivity contribution is 0.505. The van der Waals surface area contributed by atoms with Crippen molar-refractivity contribution in [3.05, 3.63) is 28.5 Å². The number of alkyl halides is 1. The van der Waals surface area contributed by atoms with E-state index in [4.69, 9.17) is 11.6 Å². The Balaban J connectivity index is 1.94. The molecule has 2 rings (SSSR count). The zero-order valence-corrected chi connectivity index (χ0v) is 15.3. The molecule has 0 aliphatic heterocycles. The Labute approximate surface area is 141 Å². The van der Waals surface area contributed by atoms with Crippen LogP contribution in [0.25, 0.3) is 11.0 Å². The average molecular weight is 372 g/mol. The van der Waals surface area contributed by atoms with Gasteiger partial charge in [0.05, 0.1) is 16.9 Å². The first-order valence-corrected chi connectivity index (χ1v) is 9.15. The van der Waals surface area contributed by atoms with E-state index in [0.29, 0.717) is 5.88 Å². The minimum atomic E-state index is 0.472. The van der Waals surface area contributed by atoms with Gasteiger partial charge in [0.15, 0.2) is 0 Å². The Hall–Kier alpha value is -0.540. The first-order valence-electron chi connectivity index (χ1n) is 7.82. The van der Waals surface area contributed by atoms with Gasteiger partial charge in [-0.05, 0) is 30.5 Å². The molecule has 0 spiro atoms. The maximum absolute atomic E-state index is 6.05. The molecule has 0 aliphatic rings. The summed E-state index contributed by atoms with van der Waals surface area (Å²) in [5.74, 6) is 2.27. The number of hydrogen-bond acceptors (Lipinski definition) is 1. The predicted molar refractivity (Wildman–Crippen MR) is 94.9 cm³/mol. The standard InChI is InChI=1S/C17H24BrClN2/c1-13(2)7-5-3-4-6-10-21-16-9-8-14(18)11-15(16)20-17(21)12-19/h8-9,11,13H,3-7,10,12H2,1-2H3. The molecule has 21 heavy (non-hydrogen) atoms. The van der Waals surface area contributed by atoms with Gasteiger partial charge in [0.2, 0.25) is 0 Å². The van der Waals surface area contributed by atoms with Crippen LogP contribution in [0.4, 0.5) is 0 Å². The van der Waals surface area contributed by atoms with Crippen molar-refractivity contribution in [2.75, 3.05) is 0 Å². The maximum atomic E-state index is 6.05. The summed E-state index contributed by atoms with van der Waals surface area (Å²) in [5.41, 5.74) is 2.22. The molecule has 1 heterocycles. The molecule has 0 radical (unpaired) electrons. The minimum Gasteiger partial charge on any atom is -0.327 e. The molecule has 0 aliphatic carbocycles. The van der Waals surface area contributed by atoms with Crippen molar-refractivity contribution >= 4 is 38.6 Å². The van der Waals surface area contributed by atoms with Crippen LogP contribution >= 0.6 is 27.5 Å². The summed E-state index contributed by atoms with van der Waals surface area (Å²) in [4.78, 5) is 4.63. The Kier molecular flexibility index (Phi) is 6.56. The minimum absolute atomic E-state index is 0.472. The van der Waals surface area contributed by atoms with Gasteiger partial charge in [-0.25, -0.2) is 4.98 Å². The monoisotopic (exact) mass is 370 g/mol. The molecule has 0 saturated carbocycles. The molecule has 4 heteroatoms. The molecular formula is C17H24BrClN2. The summed E-state index contributed by atoms with van der Waals surface area (Å²) in [6.07, 6.45) is 6.49. The third kappa shape index (κ3) is 4.72. The number of aryl methyl sites for hydroxylation is 1. The summed E-state index contributed by atoms with van der Waals surface area (Å²) in [7, 11) is 0. The van der Waals surface area contributed by atoms with E-state index in [-0.39, 0.29) is 0 Å². The van der Waals surface area contributed by atoms with Gasteiger partial charge in [-0.1, -0.05) is 55.5 Å². The number of fused-ring (bicyclic) bond motifs is 1. The van der Waals surface area contributed by atoms with Crippen molar-refractivity contribution in [1.82, 2.24) is 9.55 Å². The second kappa shape index (κ2) is 8.19. The van der Waals surface area contributed by atoms with Crippen LogP contribution in [0, 0.1) is 5.92 Å². The van der Waals surface area contributed by atoms with Crippen LogP contribution < -0.4 is 0 Å². The summed E-state index contributed by atoms with van der Waals surface area (Å²) < 4.78 is 3.34. The lowest BCUT2D eigenvalue weighted by atomic mass is 10.0. The van der Waals surface area contributed by atoms with Crippen LogP contribution in [-0.4, -0.2) is 9.55 Å². The molecule has 1 aromatic carbocycles. The maximum Gasteiger partial charge on any atom is 0.124 e. The third-order valence-electron chi connectivity index (χ3n) is 3.82. The van der Waals surface area contributed by atoms with E-state index in [1.807, 2.05) is 0 Å².